The molecule has 1 aliphatic heterocycles. The van der Waals surface area contributed by atoms with E-state index in [1.54, 1.807) is 6.20 Å². The quantitative estimate of drug-likeness (QED) is 0.668. The van der Waals surface area contributed by atoms with Gasteiger partial charge in [-0.1, -0.05) is 0 Å². The van der Waals surface area contributed by atoms with Gasteiger partial charge in [-0.05, 0) is 6.92 Å². The molecule has 3 heterocycles. The Bertz CT molecular complexity index is 512. The number of nitrogens with two attached hydrogens (primary N) is 1. The van der Waals surface area contributed by atoms with Crippen LogP contribution in [0.15, 0.2) is 12.5 Å². The van der Waals surface area contributed by atoms with E-state index in [0.29, 0.717) is 5.82 Å². The molecule has 78 valence electrons. The predicted octanol–water partition coefficient (Wildman–Crippen LogP) is -0.273. The van der Waals surface area contributed by atoms with E-state index < -0.39 is 0 Å². The molecule has 0 aliphatic carbocycles. The van der Waals surface area contributed by atoms with E-state index in [-0.39, 0.29) is 5.54 Å². The molecule has 3 rings (SSSR count). The first-order valence-electron chi connectivity index (χ1n) is 4.86. The molecular weight excluding hydrogens is 192 g/mol. The van der Waals surface area contributed by atoms with Crippen molar-refractivity contribution in [2.45, 2.75) is 12.5 Å². The summed E-state index contributed by atoms with van der Waals surface area (Å²) in [4.78, 5) is 8.18. The van der Waals surface area contributed by atoms with Crippen molar-refractivity contribution in [1.29, 1.82) is 0 Å². The minimum Gasteiger partial charge on any atom is -0.383 e. The van der Waals surface area contributed by atoms with Gasteiger partial charge in [0.2, 0.25) is 0 Å². The van der Waals surface area contributed by atoms with E-state index in [9.17, 15) is 0 Å². The van der Waals surface area contributed by atoms with Gasteiger partial charge < -0.3 is 11.1 Å². The fourth-order valence-corrected chi connectivity index (χ4v) is 1.89. The predicted molar refractivity (Wildman–Crippen MR) is 56.3 cm³/mol. The highest BCUT2D eigenvalue weighted by molar-refractivity contribution is 5.84. The van der Waals surface area contributed by atoms with Crippen LogP contribution in [0.5, 0.6) is 0 Å². The molecule has 0 radical (unpaired) electrons. The lowest BCUT2D eigenvalue weighted by molar-refractivity contribution is 0.186. The van der Waals surface area contributed by atoms with Crippen molar-refractivity contribution < 1.29 is 0 Å². The number of aromatic nitrogens is 4. The number of nitrogens with one attached hydrogen (secondary N) is 1. The van der Waals surface area contributed by atoms with Gasteiger partial charge in [0.15, 0.2) is 5.65 Å². The summed E-state index contributed by atoms with van der Waals surface area (Å²) in [6, 6.07) is 0. The molecule has 1 fully saturated rings. The Morgan fingerprint density at radius 1 is 1.47 bits per heavy atom. The third-order valence-electron chi connectivity index (χ3n) is 2.92. The summed E-state index contributed by atoms with van der Waals surface area (Å²) < 4.78 is 1.93. The first-order chi connectivity index (χ1) is 7.21. The fraction of sp³-hybridized carbons (Fsp3) is 0.444. The standard InChI is InChI=1S/C9H12N6/c1-9(3-11-4-9)15-8-6(2-14-15)7(10)12-5-13-8/h2,5,11H,3-4H2,1H3,(H2,10,12,13). The molecule has 0 spiro atoms. The van der Waals surface area contributed by atoms with Crippen molar-refractivity contribution in [2.24, 2.45) is 0 Å². The van der Waals surface area contributed by atoms with E-state index in [1.807, 2.05) is 4.68 Å². The third-order valence-corrected chi connectivity index (χ3v) is 2.92. The van der Waals surface area contributed by atoms with Gasteiger partial charge in [-0.15, -0.1) is 0 Å². The zero-order valence-corrected chi connectivity index (χ0v) is 8.44. The van der Waals surface area contributed by atoms with Gasteiger partial charge in [0.1, 0.15) is 12.1 Å². The third kappa shape index (κ3) is 1.05. The minimum atomic E-state index is 0.0164. The van der Waals surface area contributed by atoms with Crippen LogP contribution in [0.25, 0.3) is 11.0 Å². The number of nitrogen functional groups attached to an aromatic ring is 1. The summed E-state index contributed by atoms with van der Waals surface area (Å²) >= 11 is 0. The second kappa shape index (κ2) is 2.66. The van der Waals surface area contributed by atoms with Crippen LogP contribution in [0, 0.1) is 0 Å². The molecule has 0 unspecified atom stereocenters. The lowest BCUT2D eigenvalue weighted by Gasteiger charge is -2.39. The van der Waals surface area contributed by atoms with Crippen molar-refractivity contribution in [3.8, 4) is 0 Å². The van der Waals surface area contributed by atoms with Crippen LogP contribution in [-0.4, -0.2) is 32.8 Å². The summed E-state index contributed by atoms with van der Waals surface area (Å²) in [6.45, 7) is 3.97. The van der Waals surface area contributed by atoms with Crippen LogP contribution in [0.4, 0.5) is 5.82 Å². The van der Waals surface area contributed by atoms with E-state index in [2.05, 4.69) is 27.3 Å². The van der Waals surface area contributed by atoms with Gasteiger partial charge >= 0.3 is 0 Å². The average molecular weight is 204 g/mol. The maximum Gasteiger partial charge on any atom is 0.163 e. The van der Waals surface area contributed by atoms with Gasteiger partial charge in [0.05, 0.1) is 17.1 Å². The van der Waals surface area contributed by atoms with Crippen LogP contribution in [0.1, 0.15) is 6.92 Å². The lowest BCUT2D eigenvalue weighted by Crippen LogP contribution is -2.58. The van der Waals surface area contributed by atoms with Gasteiger partial charge in [-0.3, -0.25) is 0 Å². The average Bonchev–Trinajstić information content (AvgIpc) is 2.60. The van der Waals surface area contributed by atoms with Crippen LogP contribution in [-0.2, 0) is 5.54 Å². The van der Waals surface area contributed by atoms with Crippen molar-refractivity contribution in [1.82, 2.24) is 25.1 Å². The van der Waals surface area contributed by atoms with Crippen LogP contribution < -0.4 is 11.1 Å². The monoisotopic (exact) mass is 204 g/mol. The summed E-state index contributed by atoms with van der Waals surface area (Å²) in [7, 11) is 0. The Morgan fingerprint density at radius 2 is 2.27 bits per heavy atom. The number of nitrogens with zero attached hydrogens (tertiary/aromatic N) is 4. The van der Waals surface area contributed by atoms with E-state index in [1.165, 1.54) is 6.33 Å². The Kier molecular flexibility index (Phi) is 1.53. The largest absolute Gasteiger partial charge is 0.383 e. The Morgan fingerprint density at radius 3 is 2.93 bits per heavy atom. The Hall–Kier alpha value is -1.69. The normalized spacial score (nSPS) is 19.0. The van der Waals surface area contributed by atoms with E-state index in [0.717, 1.165) is 24.1 Å². The summed E-state index contributed by atoms with van der Waals surface area (Å²) in [5.41, 5.74) is 6.58. The molecule has 1 aliphatic rings. The second-order valence-corrected chi connectivity index (χ2v) is 4.15. The smallest absolute Gasteiger partial charge is 0.163 e. The molecule has 0 aromatic carbocycles. The highest BCUT2D eigenvalue weighted by Crippen LogP contribution is 2.25. The number of hydrogen-bond acceptors (Lipinski definition) is 5. The summed E-state index contributed by atoms with van der Waals surface area (Å²) in [5.74, 6) is 0.488. The first-order valence-corrected chi connectivity index (χ1v) is 4.86. The zero-order valence-electron chi connectivity index (χ0n) is 8.44. The van der Waals surface area contributed by atoms with Gasteiger partial charge in [-0.2, -0.15) is 5.10 Å². The van der Waals surface area contributed by atoms with E-state index in [4.69, 9.17) is 5.73 Å². The minimum absolute atomic E-state index is 0.0164. The fourth-order valence-electron chi connectivity index (χ4n) is 1.89. The molecule has 2 aromatic heterocycles. The van der Waals surface area contributed by atoms with E-state index >= 15 is 0 Å². The molecule has 3 N–H and O–H groups in total. The van der Waals surface area contributed by atoms with Crippen molar-refractivity contribution in [2.75, 3.05) is 18.8 Å². The SMILES string of the molecule is CC1(n2ncc3c(N)ncnc32)CNC1. The molecule has 0 amide bonds. The number of rotatable bonds is 1. The topological polar surface area (TPSA) is 81.7 Å². The molecule has 0 bridgehead atoms. The van der Waals surface area contributed by atoms with Crippen molar-refractivity contribution >= 4 is 16.9 Å². The lowest BCUT2D eigenvalue weighted by atomic mass is 9.96. The van der Waals surface area contributed by atoms with Gasteiger partial charge in [0, 0.05) is 13.1 Å². The highest BCUT2D eigenvalue weighted by atomic mass is 15.4. The number of anilines is 1. The zero-order chi connectivity index (χ0) is 10.5. The molecule has 0 saturated carbocycles. The van der Waals surface area contributed by atoms with Gasteiger partial charge in [-0.25, -0.2) is 14.6 Å². The molecule has 6 heteroatoms. The molecule has 2 aromatic rings. The summed E-state index contributed by atoms with van der Waals surface area (Å²) in [6.07, 6.45) is 3.21. The van der Waals surface area contributed by atoms with Crippen molar-refractivity contribution in [3.63, 3.8) is 0 Å². The molecule has 15 heavy (non-hydrogen) atoms. The summed E-state index contributed by atoms with van der Waals surface area (Å²) in [5, 5.41) is 8.40. The maximum absolute atomic E-state index is 5.75. The molecule has 0 atom stereocenters. The molecule has 1 saturated heterocycles. The molecular formula is C9H12N6. The molecule has 6 nitrogen and oxygen atoms in total. The van der Waals surface area contributed by atoms with Crippen molar-refractivity contribution in [3.05, 3.63) is 12.5 Å². The van der Waals surface area contributed by atoms with Gasteiger partial charge in [0.25, 0.3) is 0 Å². The number of fused-ring (bicyclic) bond motifs is 1. The van der Waals surface area contributed by atoms with Crippen LogP contribution in [0.2, 0.25) is 0 Å². The van der Waals surface area contributed by atoms with Crippen LogP contribution >= 0.6 is 0 Å². The Balaban J connectivity index is 2.24. The maximum atomic E-state index is 5.75. The number of hydrogen-bond donors (Lipinski definition) is 2. The van der Waals surface area contributed by atoms with Crippen LogP contribution in [0.3, 0.4) is 0 Å². The highest BCUT2D eigenvalue weighted by Gasteiger charge is 2.36. The first kappa shape index (κ1) is 8.60. The Labute approximate surface area is 86.5 Å². The second-order valence-electron chi connectivity index (χ2n) is 4.15.